The summed E-state index contributed by atoms with van der Waals surface area (Å²) in [5.74, 6) is 1.61. The number of aromatic amines is 1. The molecule has 0 fully saturated rings. The Morgan fingerprint density at radius 2 is 2.00 bits per heavy atom. The van der Waals surface area contributed by atoms with Gasteiger partial charge < -0.3 is 10.1 Å². The number of nitrogens with zero attached hydrogens (tertiary/aromatic N) is 1. The van der Waals surface area contributed by atoms with Crippen LogP contribution in [0.3, 0.4) is 0 Å². The number of benzene rings is 1. The number of aromatic nitrogens is 2. The standard InChI is InChI=1S/C16H21N3O2/c1-11(2)14-10-15(20)19-16(18-14)17-9-8-12-4-6-13(21-3)7-5-12/h4-7,10-11H,8-9H2,1-3H3,(H2,17,18,19,20). The molecule has 5 heteroatoms. The summed E-state index contributed by atoms with van der Waals surface area (Å²) in [5.41, 5.74) is 1.87. The number of rotatable bonds is 6. The Balaban J connectivity index is 1.95. The Kier molecular flexibility index (Phi) is 4.98. The summed E-state index contributed by atoms with van der Waals surface area (Å²) in [4.78, 5) is 18.7. The second-order valence-electron chi connectivity index (χ2n) is 5.20. The van der Waals surface area contributed by atoms with Crippen molar-refractivity contribution in [3.8, 4) is 5.75 Å². The van der Waals surface area contributed by atoms with Gasteiger partial charge in [0.1, 0.15) is 5.75 Å². The third-order valence-electron chi connectivity index (χ3n) is 3.22. The van der Waals surface area contributed by atoms with Crippen LogP contribution in [0.4, 0.5) is 5.95 Å². The molecule has 0 unspecified atom stereocenters. The van der Waals surface area contributed by atoms with Gasteiger partial charge in [0.15, 0.2) is 0 Å². The molecule has 0 radical (unpaired) electrons. The Bertz CT molecular complexity index is 633. The molecular weight excluding hydrogens is 266 g/mol. The molecule has 0 aliphatic heterocycles. The van der Waals surface area contributed by atoms with E-state index in [1.165, 1.54) is 5.56 Å². The van der Waals surface area contributed by atoms with Gasteiger partial charge in [-0.3, -0.25) is 9.78 Å². The Morgan fingerprint density at radius 3 is 2.62 bits per heavy atom. The van der Waals surface area contributed by atoms with Crippen LogP contribution in [-0.4, -0.2) is 23.6 Å². The summed E-state index contributed by atoms with van der Waals surface area (Å²) in [7, 11) is 1.65. The molecule has 21 heavy (non-hydrogen) atoms. The third kappa shape index (κ3) is 4.34. The van der Waals surface area contributed by atoms with Crippen LogP contribution in [0.25, 0.3) is 0 Å². The molecule has 0 amide bonds. The second kappa shape index (κ2) is 6.92. The zero-order chi connectivity index (χ0) is 15.2. The van der Waals surface area contributed by atoms with Crippen LogP contribution >= 0.6 is 0 Å². The molecule has 0 spiro atoms. The largest absolute Gasteiger partial charge is 0.497 e. The van der Waals surface area contributed by atoms with Gasteiger partial charge >= 0.3 is 0 Å². The molecule has 1 aromatic carbocycles. The van der Waals surface area contributed by atoms with Crippen molar-refractivity contribution in [1.82, 2.24) is 9.97 Å². The van der Waals surface area contributed by atoms with Crippen LogP contribution in [0, 0.1) is 0 Å². The molecule has 0 bridgehead atoms. The normalized spacial score (nSPS) is 10.7. The van der Waals surface area contributed by atoms with Crippen LogP contribution in [0.5, 0.6) is 5.75 Å². The SMILES string of the molecule is COc1ccc(CCNc2nc(C(C)C)cc(=O)[nH]2)cc1. The topological polar surface area (TPSA) is 67.0 Å². The van der Waals surface area contributed by atoms with Crippen molar-refractivity contribution in [2.75, 3.05) is 19.0 Å². The predicted octanol–water partition coefficient (Wildman–Crippen LogP) is 2.56. The number of hydrogen-bond donors (Lipinski definition) is 2. The predicted molar refractivity (Wildman–Crippen MR) is 84.1 cm³/mol. The fourth-order valence-corrected chi connectivity index (χ4v) is 1.97. The van der Waals surface area contributed by atoms with E-state index in [0.29, 0.717) is 12.5 Å². The van der Waals surface area contributed by atoms with E-state index in [0.717, 1.165) is 17.9 Å². The lowest BCUT2D eigenvalue weighted by atomic mass is 10.1. The van der Waals surface area contributed by atoms with Crippen molar-refractivity contribution >= 4 is 5.95 Å². The van der Waals surface area contributed by atoms with Gasteiger partial charge in [-0.25, -0.2) is 4.98 Å². The van der Waals surface area contributed by atoms with E-state index in [2.05, 4.69) is 15.3 Å². The van der Waals surface area contributed by atoms with E-state index in [1.54, 1.807) is 13.2 Å². The lowest BCUT2D eigenvalue weighted by Gasteiger charge is -2.09. The number of hydrogen-bond acceptors (Lipinski definition) is 4. The van der Waals surface area contributed by atoms with Crippen LogP contribution in [0.2, 0.25) is 0 Å². The highest BCUT2D eigenvalue weighted by molar-refractivity contribution is 5.29. The van der Waals surface area contributed by atoms with Gasteiger partial charge in [0, 0.05) is 12.6 Å². The van der Waals surface area contributed by atoms with Gasteiger partial charge in [-0.15, -0.1) is 0 Å². The summed E-state index contributed by atoms with van der Waals surface area (Å²) in [6.07, 6.45) is 0.847. The molecule has 112 valence electrons. The van der Waals surface area contributed by atoms with Crippen LogP contribution in [0.1, 0.15) is 31.0 Å². The van der Waals surface area contributed by atoms with E-state index in [-0.39, 0.29) is 11.5 Å². The maximum Gasteiger partial charge on any atom is 0.252 e. The minimum Gasteiger partial charge on any atom is -0.497 e. The highest BCUT2D eigenvalue weighted by atomic mass is 16.5. The maximum absolute atomic E-state index is 11.6. The van der Waals surface area contributed by atoms with Crippen molar-refractivity contribution in [2.24, 2.45) is 0 Å². The highest BCUT2D eigenvalue weighted by Gasteiger charge is 2.04. The Labute approximate surface area is 124 Å². The van der Waals surface area contributed by atoms with Crippen LogP contribution in [-0.2, 0) is 6.42 Å². The van der Waals surface area contributed by atoms with Crippen molar-refractivity contribution < 1.29 is 4.74 Å². The summed E-state index contributed by atoms with van der Waals surface area (Å²) in [6.45, 7) is 4.74. The summed E-state index contributed by atoms with van der Waals surface area (Å²) < 4.78 is 5.13. The summed E-state index contributed by atoms with van der Waals surface area (Å²) in [6, 6.07) is 9.48. The fraction of sp³-hybridized carbons (Fsp3) is 0.375. The molecule has 0 saturated carbocycles. The first-order valence-corrected chi connectivity index (χ1v) is 7.06. The first-order chi connectivity index (χ1) is 10.1. The molecule has 0 saturated heterocycles. The Hall–Kier alpha value is -2.30. The van der Waals surface area contributed by atoms with E-state index in [1.807, 2.05) is 38.1 Å². The van der Waals surface area contributed by atoms with Gasteiger partial charge in [-0.2, -0.15) is 0 Å². The van der Waals surface area contributed by atoms with E-state index < -0.39 is 0 Å². The average molecular weight is 287 g/mol. The molecular formula is C16H21N3O2. The van der Waals surface area contributed by atoms with E-state index in [4.69, 9.17) is 4.74 Å². The monoisotopic (exact) mass is 287 g/mol. The number of H-pyrrole nitrogens is 1. The molecule has 2 aromatic rings. The van der Waals surface area contributed by atoms with Crippen molar-refractivity contribution in [3.63, 3.8) is 0 Å². The smallest absolute Gasteiger partial charge is 0.252 e. The first kappa shape index (κ1) is 15.1. The molecule has 0 aliphatic rings. The van der Waals surface area contributed by atoms with Gasteiger partial charge in [0.05, 0.1) is 12.8 Å². The molecule has 1 aromatic heterocycles. The fourth-order valence-electron chi connectivity index (χ4n) is 1.97. The van der Waals surface area contributed by atoms with Crippen molar-refractivity contribution in [2.45, 2.75) is 26.2 Å². The second-order valence-corrected chi connectivity index (χ2v) is 5.20. The highest BCUT2D eigenvalue weighted by Crippen LogP contribution is 2.12. The maximum atomic E-state index is 11.6. The Morgan fingerprint density at radius 1 is 1.29 bits per heavy atom. The third-order valence-corrected chi connectivity index (χ3v) is 3.22. The quantitative estimate of drug-likeness (QED) is 0.857. The summed E-state index contributed by atoms with van der Waals surface area (Å²) >= 11 is 0. The summed E-state index contributed by atoms with van der Waals surface area (Å²) in [5, 5.41) is 3.16. The minimum absolute atomic E-state index is 0.124. The van der Waals surface area contributed by atoms with Gasteiger partial charge in [0.2, 0.25) is 5.95 Å². The molecule has 1 heterocycles. The number of nitrogens with one attached hydrogen (secondary N) is 2. The van der Waals surface area contributed by atoms with Crippen molar-refractivity contribution in [1.29, 1.82) is 0 Å². The molecule has 2 N–H and O–H groups in total. The van der Waals surface area contributed by atoms with Crippen molar-refractivity contribution in [3.05, 3.63) is 51.9 Å². The number of anilines is 1. The van der Waals surface area contributed by atoms with Crippen LogP contribution in [0.15, 0.2) is 35.1 Å². The first-order valence-electron chi connectivity index (χ1n) is 7.06. The lowest BCUT2D eigenvalue weighted by molar-refractivity contribution is 0.414. The van der Waals surface area contributed by atoms with Gasteiger partial charge in [-0.05, 0) is 30.0 Å². The van der Waals surface area contributed by atoms with E-state index in [9.17, 15) is 4.79 Å². The average Bonchev–Trinajstić information content (AvgIpc) is 2.47. The zero-order valence-electron chi connectivity index (χ0n) is 12.6. The van der Waals surface area contributed by atoms with Gasteiger partial charge in [-0.1, -0.05) is 26.0 Å². The number of methoxy groups -OCH3 is 1. The molecule has 2 rings (SSSR count). The zero-order valence-corrected chi connectivity index (χ0v) is 12.6. The molecule has 5 nitrogen and oxygen atoms in total. The molecule has 0 aliphatic carbocycles. The van der Waals surface area contributed by atoms with E-state index >= 15 is 0 Å². The van der Waals surface area contributed by atoms with Crippen LogP contribution < -0.4 is 15.6 Å². The molecule has 0 atom stereocenters. The van der Waals surface area contributed by atoms with Gasteiger partial charge in [0.25, 0.3) is 5.56 Å². The minimum atomic E-state index is -0.124. The number of ether oxygens (including phenoxy) is 1. The lowest BCUT2D eigenvalue weighted by Crippen LogP contribution is -2.16.